The highest BCUT2D eigenvalue weighted by Gasteiger charge is 2.12. The summed E-state index contributed by atoms with van der Waals surface area (Å²) in [5.74, 6) is -0.911. The first-order valence-corrected chi connectivity index (χ1v) is 6.53. The molecule has 0 aliphatic rings. The molecule has 0 saturated heterocycles. The molecular formula is C15H10Cl2O3. The Labute approximate surface area is 126 Å². The van der Waals surface area contributed by atoms with Crippen molar-refractivity contribution in [2.24, 2.45) is 0 Å². The summed E-state index contributed by atoms with van der Waals surface area (Å²) >= 11 is 11.6. The average molecular weight is 309 g/mol. The second-order valence-electron chi connectivity index (χ2n) is 4.02. The molecule has 0 amide bonds. The minimum atomic E-state index is -0.640. The van der Waals surface area contributed by atoms with Crippen LogP contribution in [0.1, 0.15) is 20.7 Å². The van der Waals surface area contributed by atoms with E-state index < -0.39 is 5.97 Å². The second-order valence-corrected chi connectivity index (χ2v) is 4.90. The predicted octanol–water partition coefficient (Wildman–Crippen LogP) is 4.03. The molecule has 0 atom stereocenters. The number of ketones is 1. The van der Waals surface area contributed by atoms with Crippen molar-refractivity contribution in [3.05, 3.63) is 69.7 Å². The molecule has 0 bridgehead atoms. The normalized spacial score (nSPS) is 10.1. The summed E-state index contributed by atoms with van der Waals surface area (Å²) in [5.41, 5.74) is 0.702. The van der Waals surface area contributed by atoms with Gasteiger partial charge in [-0.15, -0.1) is 0 Å². The number of esters is 1. The van der Waals surface area contributed by atoms with E-state index in [0.717, 1.165) is 0 Å². The van der Waals surface area contributed by atoms with Crippen LogP contribution in [-0.2, 0) is 4.74 Å². The van der Waals surface area contributed by atoms with Crippen LogP contribution < -0.4 is 0 Å². The van der Waals surface area contributed by atoms with Gasteiger partial charge in [-0.05, 0) is 18.2 Å². The first-order valence-electron chi connectivity index (χ1n) is 5.78. The minimum Gasteiger partial charge on any atom is -0.454 e. The van der Waals surface area contributed by atoms with E-state index in [1.54, 1.807) is 30.3 Å². The summed E-state index contributed by atoms with van der Waals surface area (Å²) in [5, 5.41) is 0.665. The molecule has 0 spiro atoms. The Morgan fingerprint density at radius 2 is 1.50 bits per heavy atom. The molecule has 0 aliphatic carbocycles. The highest BCUT2D eigenvalue weighted by Crippen LogP contribution is 2.19. The van der Waals surface area contributed by atoms with Gasteiger partial charge in [-0.2, -0.15) is 0 Å². The second kappa shape index (κ2) is 6.55. The van der Waals surface area contributed by atoms with Crippen LogP contribution in [0.2, 0.25) is 10.0 Å². The van der Waals surface area contributed by atoms with Crippen LogP contribution in [0, 0.1) is 0 Å². The van der Waals surface area contributed by atoms with Crippen molar-refractivity contribution in [2.45, 2.75) is 0 Å². The highest BCUT2D eigenvalue weighted by atomic mass is 35.5. The fraction of sp³-hybridized carbons (Fsp3) is 0.0667. The summed E-state index contributed by atoms with van der Waals surface area (Å²) in [6, 6.07) is 13.0. The highest BCUT2D eigenvalue weighted by molar-refractivity contribution is 6.35. The zero-order chi connectivity index (χ0) is 14.5. The summed E-state index contributed by atoms with van der Waals surface area (Å²) in [7, 11) is 0. The molecule has 0 unspecified atom stereocenters. The molecule has 0 aliphatic heterocycles. The lowest BCUT2D eigenvalue weighted by Crippen LogP contribution is -2.14. The average Bonchev–Trinajstić information content (AvgIpc) is 2.44. The number of carbonyl (C=O) groups excluding carboxylic acids is 2. The van der Waals surface area contributed by atoms with E-state index in [4.69, 9.17) is 27.9 Å². The van der Waals surface area contributed by atoms with E-state index in [9.17, 15) is 9.59 Å². The molecule has 2 rings (SSSR count). The van der Waals surface area contributed by atoms with Crippen molar-refractivity contribution in [2.75, 3.05) is 6.61 Å². The number of rotatable bonds is 4. The van der Waals surface area contributed by atoms with E-state index >= 15 is 0 Å². The topological polar surface area (TPSA) is 43.4 Å². The molecule has 0 heterocycles. The Kier molecular flexibility index (Phi) is 4.77. The monoisotopic (exact) mass is 308 g/mol. The number of hydrogen-bond acceptors (Lipinski definition) is 3. The van der Waals surface area contributed by atoms with Gasteiger partial charge in [0, 0.05) is 15.6 Å². The van der Waals surface area contributed by atoms with Crippen LogP contribution in [0.25, 0.3) is 0 Å². The van der Waals surface area contributed by atoms with Crippen LogP contribution in [-0.4, -0.2) is 18.4 Å². The van der Waals surface area contributed by atoms with Crippen molar-refractivity contribution in [3.8, 4) is 0 Å². The maximum absolute atomic E-state index is 11.8. The van der Waals surface area contributed by atoms with Crippen molar-refractivity contribution in [1.82, 2.24) is 0 Å². The van der Waals surface area contributed by atoms with Crippen LogP contribution >= 0.6 is 23.2 Å². The van der Waals surface area contributed by atoms with Gasteiger partial charge in [0.2, 0.25) is 0 Å². The third kappa shape index (κ3) is 3.83. The summed E-state index contributed by atoms with van der Waals surface area (Å²) < 4.78 is 4.95. The zero-order valence-corrected chi connectivity index (χ0v) is 11.8. The van der Waals surface area contributed by atoms with Gasteiger partial charge in [-0.25, -0.2) is 4.79 Å². The predicted molar refractivity (Wildman–Crippen MR) is 77.5 cm³/mol. The smallest absolute Gasteiger partial charge is 0.338 e. The summed E-state index contributed by atoms with van der Waals surface area (Å²) in [4.78, 5) is 23.6. The fourth-order valence-electron chi connectivity index (χ4n) is 1.59. The number of hydrogen-bond donors (Lipinski definition) is 0. The number of ether oxygens (including phenoxy) is 1. The molecule has 102 valence electrons. The van der Waals surface area contributed by atoms with Gasteiger partial charge in [0.05, 0.1) is 5.56 Å². The largest absolute Gasteiger partial charge is 0.454 e. The van der Waals surface area contributed by atoms with E-state index in [2.05, 4.69) is 0 Å². The summed E-state index contributed by atoms with van der Waals surface area (Å²) in [6.07, 6.45) is 0. The van der Waals surface area contributed by atoms with Crippen LogP contribution in [0.15, 0.2) is 48.5 Å². The van der Waals surface area contributed by atoms with Crippen molar-refractivity contribution in [3.63, 3.8) is 0 Å². The first kappa shape index (κ1) is 14.6. The Balaban J connectivity index is 2.00. The molecule has 0 N–H and O–H groups in total. The Morgan fingerprint density at radius 1 is 0.900 bits per heavy atom. The van der Waals surface area contributed by atoms with Crippen molar-refractivity contribution < 1.29 is 14.3 Å². The summed E-state index contributed by atoms with van der Waals surface area (Å²) in [6.45, 7) is -0.326. The number of benzene rings is 2. The van der Waals surface area contributed by atoms with Gasteiger partial charge in [0.25, 0.3) is 0 Å². The zero-order valence-electron chi connectivity index (χ0n) is 10.3. The standard InChI is InChI=1S/C15H10Cl2O3/c16-12-6-11(7-13(17)8-12)15(19)20-9-14(18)10-4-2-1-3-5-10/h1-8H,9H2. The maximum atomic E-state index is 11.8. The maximum Gasteiger partial charge on any atom is 0.338 e. The third-order valence-electron chi connectivity index (χ3n) is 2.53. The SMILES string of the molecule is O=C(COC(=O)c1cc(Cl)cc(Cl)c1)c1ccccc1. The van der Waals surface area contributed by atoms with Crippen molar-refractivity contribution in [1.29, 1.82) is 0 Å². The molecule has 0 saturated carbocycles. The van der Waals surface area contributed by atoms with E-state index in [1.807, 2.05) is 0 Å². The number of carbonyl (C=O) groups is 2. The molecular weight excluding hydrogens is 299 g/mol. The van der Waals surface area contributed by atoms with Gasteiger partial charge in [0.1, 0.15) is 0 Å². The van der Waals surface area contributed by atoms with Gasteiger partial charge >= 0.3 is 5.97 Å². The molecule has 2 aromatic carbocycles. The lowest BCUT2D eigenvalue weighted by molar-refractivity contribution is 0.0475. The Morgan fingerprint density at radius 3 is 2.10 bits per heavy atom. The number of halogens is 2. The lowest BCUT2D eigenvalue weighted by atomic mass is 10.1. The van der Waals surface area contributed by atoms with E-state index in [0.29, 0.717) is 15.6 Å². The van der Waals surface area contributed by atoms with Crippen LogP contribution in [0.5, 0.6) is 0 Å². The molecule has 5 heteroatoms. The van der Waals surface area contributed by atoms with E-state index in [-0.39, 0.29) is 18.0 Å². The van der Waals surface area contributed by atoms with Crippen LogP contribution in [0.4, 0.5) is 0 Å². The Bertz CT molecular complexity index is 619. The quantitative estimate of drug-likeness (QED) is 0.632. The fourth-order valence-corrected chi connectivity index (χ4v) is 2.12. The van der Waals surface area contributed by atoms with Gasteiger partial charge in [-0.3, -0.25) is 4.79 Å². The molecule has 2 aromatic rings. The van der Waals surface area contributed by atoms with E-state index in [1.165, 1.54) is 18.2 Å². The van der Waals surface area contributed by atoms with Gasteiger partial charge in [-0.1, -0.05) is 53.5 Å². The van der Waals surface area contributed by atoms with Gasteiger partial charge < -0.3 is 4.74 Å². The number of Topliss-reactive ketones (excluding diaryl/α,β-unsaturated/α-hetero) is 1. The molecule has 0 fully saturated rings. The molecule has 20 heavy (non-hydrogen) atoms. The molecule has 0 aromatic heterocycles. The minimum absolute atomic E-state index is 0.211. The van der Waals surface area contributed by atoms with Crippen LogP contribution in [0.3, 0.4) is 0 Å². The van der Waals surface area contributed by atoms with Gasteiger partial charge in [0.15, 0.2) is 12.4 Å². The lowest BCUT2D eigenvalue weighted by Gasteiger charge is -2.05. The molecule has 3 nitrogen and oxygen atoms in total. The third-order valence-corrected chi connectivity index (χ3v) is 2.96. The van der Waals surface area contributed by atoms with Crippen molar-refractivity contribution >= 4 is 35.0 Å². The Hall–Kier alpha value is -1.84. The first-order chi connectivity index (χ1) is 9.56. The molecule has 0 radical (unpaired) electrons.